The highest BCUT2D eigenvalue weighted by atomic mass is 35.5. The number of fused-ring (bicyclic) bond motifs is 1. The van der Waals surface area contributed by atoms with Crippen molar-refractivity contribution in [2.24, 2.45) is 10.9 Å². The average Bonchev–Trinajstić information content (AvgIpc) is 3.56. The average molecular weight is 568 g/mol. The van der Waals surface area contributed by atoms with Crippen LogP contribution < -0.4 is 15.6 Å². The van der Waals surface area contributed by atoms with Crippen LogP contribution in [0.4, 0.5) is 8.78 Å². The number of piperidine rings is 1. The Balaban J connectivity index is 0.000000173. The lowest BCUT2D eigenvalue weighted by molar-refractivity contribution is -0.140. The molecule has 0 radical (unpaired) electrons. The van der Waals surface area contributed by atoms with Crippen LogP contribution in [0.3, 0.4) is 0 Å². The summed E-state index contributed by atoms with van der Waals surface area (Å²) in [4.78, 5) is 14.3. The van der Waals surface area contributed by atoms with Crippen molar-refractivity contribution in [3.05, 3.63) is 57.7 Å². The first-order chi connectivity index (χ1) is 17.7. The number of hydrogen-bond acceptors (Lipinski definition) is 6. The Hall–Kier alpha value is -1.91. The quantitative estimate of drug-likeness (QED) is 0.315. The maximum Gasteiger partial charge on any atom is 0.290 e. The van der Waals surface area contributed by atoms with Crippen LogP contribution >= 0.6 is 34.9 Å². The van der Waals surface area contributed by atoms with Crippen molar-refractivity contribution in [2.75, 3.05) is 13.1 Å². The summed E-state index contributed by atoms with van der Waals surface area (Å²) in [7, 11) is 0. The third-order valence-electron chi connectivity index (χ3n) is 6.72. The van der Waals surface area contributed by atoms with Gasteiger partial charge in [-0.05, 0) is 97.6 Å². The van der Waals surface area contributed by atoms with Crippen molar-refractivity contribution < 1.29 is 18.3 Å². The second-order valence-corrected chi connectivity index (χ2v) is 11.9. The summed E-state index contributed by atoms with van der Waals surface area (Å²) in [6.07, 6.45) is 5.94. The lowest BCUT2D eigenvalue weighted by Crippen LogP contribution is -2.44. The molecule has 5 nitrogen and oxygen atoms in total. The molecule has 200 valence electrons. The fourth-order valence-electron chi connectivity index (χ4n) is 4.60. The monoisotopic (exact) mass is 567 g/mol. The minimum Gasteiger partial charge on any atom is -0.490 e. The minimum absolute atomic E-state index is 0.0701. The van der Waals surface area contributed by atoms with E-state index in [1.807, 2.05) is 6.07 Å². The number of likely N-dealkylation sites (tertiary alicyclic amines) is 1. The summed E-state index contributed by atoms with van der Waals surface area (Å²) >= 11 is 7.73. The third kappa shape index (κ3) is 7.80. The Kier molecular flexibility index (Phi) is 9.69. The molecule has 1 aliphatic carbocycles. The van der Waals surface area contributed by atoms with Crippen LogP contribution in [0.25, 0.3) is 10.8 Å². The number of carbonyl (C=O) groups is 1. The van der Waals surface area contributed by atoms with Crippen LogP contribution in [0.2, 0.25) is 4.34 Å². The Labute approximate surface area is 229 Å². The van der Waals surface area contributed by atoms with Crippen molar-refractivity contribution in [1.29, 1.82) is 0 Å². The van der Waals surface area contributed by atoms with E-state index in [1.165, 1.54) is 65.4 Å². The molecule has 1 amide bonds. The van der Waals surface area contributed by atoms with E-state index in [0.29, 0.717) is 36.4 Å². The molecular formula is C27H32ClF2N3O2S2. The molecular weight excluding hydrogens is 536 g/mol. The van der Waals surface area contributed by atoms with E-state index in [2.05, 4.69) is 30.3 Å². The minimum atomic E-state index is -3.16. The summed E-state index contributed by atoms with van der Waals surface area (Å²) in [5.74, 6) is -2.70. The van der Waals surface area contributed by atoms with Crippen molar-refractivity contribution in [3.63, 3.8) is 0 Å². The van der Waals surface area contributed by atoms with E-state index >= 15 is 0 Å². The number of thiophene rings is 1. The summed E-state index contributed by atoms with van der Waals surface area (Å²) in [6.45, 7) is 0.919. The van der Waals surface area contributed by atoms with E-state index < -0.39 is 18.3 Å². The lowest BCUT2D eigenvalue weighted by Gasteiger charge is -2.31. The normalized spacial score (nSPS) is 17.1. The molecule has 2 aliphatic rings. The fraction of sp³-hybridized carbons (Fsp3) is 0.444. The molecule has 0 atom stereocenters. The molecule has 0 unspecified atom stereocenters. The van der Waals surface area contributed by atoms with Crippen LogP contribution in [-0.2, 0) is 10.7 Å². The number of nitrogens with two attached hydrogens (primary N) is 2. The van der Waals surface area contributed by atoms with Gasteiger partial charge in [-0.3, -0.25) is 9.93 Å². The lowest BCUT2D eigenvalue weighted by atomic mass is 10.1. The first-order valence-electron chi connectivity index (χ1n) is 12.5. The molecule has 0 spiro atoms. The van der Waals surface area contributed by atoms with Crippen LogP contribution in [-0.4, -0.2) is 36.0 Å². The summed E-state index contributed by atoms with van der Waals surface area (Å²) in [6, 6.07) is 15.3. The van der Waals surface area contributed by atoms with Crippen LogP contribution in [0.1, 0.15) is 49.8 Å². The van der Waals surface area contributed by atoms with Gasteiger partial charge in [0.1, 0.15) is 5.75 Å². The smallest absolute Gasteiger partial charge is 0.290 e. The Morgan fingerprint density at radius 2 is 1.73 bits per heavy atom. The van der Waals surface area contributed by atoms with Gasteiger partial charge in [0.25, 0.3) is 5.92 Å². The van der Waals surface area contributed by atoms with Gasteiger partial charge in [0.2, 0.25) is 5.91 Å². The Bertz CT molecular complexity index is 1200. The molecule has 4 N–H and O–H groups in total. The SMILES string of the molecule is NC1CCN(C(=O)CC(F)(F)c2ccc(Cl)s2)CC1.NSc1ccc2cc(OC3CCCC3)ccc2c1. The fourth-order valence-corrected chi connectivity index (χ4v) is 5.95. The molecule has 3 aromatic rings. The number of hydrogen-bond donors (Lipinski definition) is 2. The predicted octanol–water partition coefficient (Wildman–Crippen LogP) is 6.96. The number of amides is 1. The highest BCUT2D eigenvalue weighted by Crippen LogP contribution is 2.38. The summed E-state index contributed by atoms with van der Waals surface area (Å²) < 4.78 is 34.2. The molecule has 1 aliphatic heterocycles. The third-order valence-corrected chi connectivity index (χ3v) is 8.59. The number of alkyl halides is 2. The molecule has 2 heterocycles. The first kappa shape index (κ1) is 28.1. The van der Waals surface area contributed by atoms with Gasteiger partial charge in [-0.2, -0.15) is 8.78 Å². The number of benzene rings is 2. The van der Waals surface area contributed by atoms with E-state index in [-0.39, 0.29) is 10.9 Å². The number of carbonyl (C=O) groups excluding carboxylic acids is 1. The van der Waals surface area contributed by atoms with Crippen molar-refractivity contribution in [2.45, 2.75) is 67.9 Å². The van der Waals surface area contributed by atoms with Gasteiger partial charge in [0, 0.05) is 24.0 Å². The first-order valence-corrected chi connectivity index (χ1v) is 14.5. The molecule has 2 aromatic carbocycles. The van der Waals surface area contributed by atoms with E-state index in [0.717, 1.165) is 22.0 Å². The van der Waals surface area contributed by atoms with Crippen LogP contribution in [0.5, 0.6) is 5.75 Å². The molecule has 1 saturated heterocycles. The second-order valence-electron chi connectivity index (χ2n) is 9.52. The molecule has 1 saturated carbocycles. The molecule has 5 rings (SSSR count). The summed E-state index contributed by atoms with van der Waals surface area (Å²) in [5, 5.41) is 8.00. The van der Waals surface area contributed by atoms with Gasteiger partial charge in [-0.25, -0.2) is 0 Å². The van der Waals surface area contributed by atoms with Crippen molar-refractivity contribution >= 4 is 51.6 Å². The number of halogens is 3. The van der Waals surface area contributed by atoms with E-state index in [1.54, 1.807) is 0 Å². The maximum atomic E-state index is 13.9. The zero-order valence-corrected chi connectivity index (χ0v) is 22.9. The van der Waals surface area contributed by atoms with Crippen molar-refractivity contribution in [3.8, 4) is 5.75 Å². The molecule has 10 heteroatoms. The van der Waals surface area contributed by atoms with E-state index in [9.17, 15) is 13.6 Å². The van der Waals surface area contributed by atoms with Gasteiger partial charge in [0.15, 0.2) is 0 Å². The van der Waals surface area contributed by atoms with Gasteiger partial charge >= 0.3 is 0 Å². The molecule has 37 heavy (non-hydrogen) atoms. The number of rotatable bonds is 6. The van der Waals surface area contributed by atoms with Gasteiger partial charge in [0.05, 0.1) is 21.7 Å². The van der Waals surface area contributed by atoms with Gasteiger partial charge in [-0.15, -0.1) is 11.3 Å². The van der Waals surface area contributed by atoms with E-state index in [4.69, 9.17) is 27.2 Å². The van der Waals surface area contributed by atoms with Gasteiger partial charge in [-0.1, -0.05) is 23.7 Å². The second kappa shape index (κ2) is 12.8. The molecule has 1 aromatic heterocycles. The topological polar surface area (TPSA) is 81.6 Å². The van der Waals surface area contributed by atoms with Crippen LogP contribution in [0, 0.1) is 0 Å². The largest absolute Gasteiger partial charge is 0.490 e. The van der Waals surface area contributed by atoms with Crippen LogP contribution in [0.15, 0.2) is 53.4 Å². The standard InChI is InChI=1S/C15H17NOS.C12H15ClF2N2OS/c16-18-15-8-6-11-9-14(7-5-12(11)10-15)17-13-3-1-2-4-13;13-10-2-1-9(19-10)12(14,15)7-11(18)17-5-3-8(16)4-6-17/h5-10,13H,1-4,16H2;1-2,8H,3-7,16H2. The molecule has 0 bridgehead atoms. The highest BCUT2D eigenvalue weighted by Gasteiger charge is 2.38. The zero-order valence-electron chi connectivity index (χ0n) is 20.5. The summed E-state index contributed by atoms with van der Waals surface area (Å²) in [5.41, 5.74) is 5.72. The predicted molar refractivity (Wildman–Crippen MR) is 149 cm³/mol. The van der Waals surface area contributed by atoms with Crippen molar-refractivity contribution in [1.82, 2.24) is 4.90 Å². The highest BCUT2D eigenvalue weighted by molar-refractivity contribution is 7.97. The number of ether oxygens (including phenoxy) is 1. The van der Waals surface area contributed by atoms with Gasteiger partial charge < -0.3 is 15.4 Å². The zero-order chi connectivity index (χ0) is 26.4. The Morgan fingerprint density at radius 3 is 2.38 bits per heavy atom. The molecule has 2 fully saturated rings. The maximum absolute atomic E-state index is 13.9. The Morgan fingerprint density at radius 1 is 1.05 bits per heavy atom. The number of nitrogens with zero attached hydrogens (tertiary/aromatic N) is 1.